The largest absolute Gasteiger partial charge is 0.493 e. The summed E-state index contributed by atoms with van der Waals surface area (Å²) in [4.78, 5) is 31.3. The van der Waals surface area contributed by atoms with E-state index in [-0.39, 0.29) is 16.9 Å². The summed E-state index contributed by atoms with van der Waals surface area (Å²) in [6.45, 7) is 1.98. The van der Waals surface area contributed by atoms with E-state index in [0.29, 0.717) is 10.9 Å². The molecule has 1 aliphatic heterocycles. The molecule has 3 aromatic rings. The summed E-state index contributed by atoms with van der Waals surface area (Å²) in [5.74, 6) is -0.190. The number of imide groups is 1. The molecule has 1 aromatic heterocycles. The van der Waals surface area contributed by atoms with Crippen molar-refractivity contribution in [1.82, 2.24) is 4.98 Å². The molecular weight excluding hydrogens is 340 g/mol. The van der Waals surface area contributed by atoms with Crippen molar-refractivity contribution in [1.29, 1.82) is 0 Å². The second-order valence-electron chi connectivity index (χ2n) is 5.64. The zero-order valence-corrected chi connectivity index (χ0v) is 14.6. The van der Waals surface area contributed by atoms with E-state index in [1.807, 2.05) is 25.1 Å². The van der Waals surface area contributed by atoms with Gasteiger partial charge in [0.25, 0.3) is 11.8 Å². The van der Waals surface area contributed by atoms with E-state index in [0.717, 1.165) is 20.7 Å². The SMILES string of the molecule is COc1ccc2c(c1OC)C(=O)N(c1nc3ccc(C)cc3s1)C2=O. The number of carbonyl (C=O) groups excluding carboxylic acids is 2. The first-order chi connectivity index (χ1) is 12.0. The van der Waals surface area contributed by atoms with Crippen molar-refractivity contribution in [2.24, 2.45) is 0 Å². The molecule has 0 saturated heterocycles. The second kappa shape index (κ2) is 5.56. The van der Waals surface area contributed by atoms with Crippen molar-refractivity contribution in [3.63, 3.8) is 0 Å². The minimum Gasteiger partial charge on any atom is -0.493 e. The Morgan fingerprint density at radius 3 is 2.56 bits per heavy atom. The van der Waals surface area contributed by atoms with Gasteiger partial charge < -0.3 is 9.47 Å². The Hall–Kier alpha value is -2.93. The molecule has 0 unspecified atom stereocenters. The summed E-state index contributed by atoms with van der Waals surface area (Å²) in [6.07, 6.45) is 0. The van der Waals surface area contributed by atoms with Crippen LogP contribution < -0.4 is 14.4 Å². The van der Waals surface area contributed by atoms with Crippen LogP contribution in [0.1, 0.15) is 26.3 Å². The number of methoxy groups -OCH3 is 2. The lowest BCUT2D eigenvalue weighted by molar-refractivity contribution is 0.0925. The summed E-state index contributed by atoms with van der Waals surface area (Å²) >= 11 is 1.31. The van der Waals surface area contributed by atoms with Crippen molar-refractivity contribution in [3.05, 3.63) is 47.0 Å². The van der Waals surface area contributed by atoms with E-state index in [2.05, 4.69) is 4.98 Å². The second-order valence-corrected chi connectivity index (χ2v) is 6.65. The third kappa shape index (κ3) is 2.20. The number of anilines is 1. The molecule has 0 saturated carbocycles. The zero-order chi connectivity index (χ0) is 17.7. The topological polar surface area (TPSA) is 68.7 Å². The number of amides is 2. The van der Waals surface area contributed by atoms with Gasteiger partial charge in [-0.3, -0.25) is 9.59 Å². The summed E-state index contributed by atoms with van der Waals surface area (Å²) in [6, 6.07) is 9.01. The number of nitrogens with zero attached hydrogens (tertiary/aromatic N) is 2. The highest BCUT2D eigenvalue weighted by atomic mass is 32.1. The van der Waals surface area contributed by atoms with Crippen LogP contribution in [-0.4, -0.2) is 31.0 Å². The number of aromatic nitrogens is 1. The molecule has 2 heterocycles. The predicted octanol–water partition coefficient (Wildman–Crippen LogP) is 3.42. The van der Waals surface area contributed by atoms with E-state index >= 15 is 0 Å². The average molecular weight is 354 g/mol. The molecule has 0 atom stereocenters. The first-order valence-corrected chi connectivity index (χ1v) is 8.37. The third-order valence-electron chi connectivity index (χ3n) is 4.12. The molecule has 126 valence electrons. The van der Waals surface area contributed by atoms with E-state index in [9.17, 15) is 9.59 Å². The lowest BCUT2D eigenvalue weighted by Crippen LogP contribution is -2.29. The fourth-order valence-corrected chi connectivity index (χ4v) is 3.99. The van der Waals surface area contributed by atoms with E-state index in [4.69, 9.17) is 9.47 Å². The van der Waals surface area contributed by atoms with Crippen LogP contribution in [-0.2, 0) is 0 Å². The number of fused-ring (bicyclic) bond motifs is 2. The van der Waals surface area contributed by atoms with Gasteiger partial charge in [-0.1, -0.05) is 17.4 Å². The third-order valence-corrected chi connectivity index (χ3v) is 5.12. The number of aryl methyl sites for hydroxylation is 1. The van der Waals surface area contributed by atoms with E-state index in [1.165, 1.54) is 25.6 Å². The summed E-state index contributed by atoms with van der Waals surface area (Å²) < 4.78 is 11.5. The maximum Gasteiger partial charge on any atom is 0.271 e. The molecule has 0 fully saturated rings. The maximum absolute atomic E-state index is 12.9. The van der Waals surface area contributed by atoms with Gasteiger partial charge >= 0.3 is 0 Å². The summed E-state index contributed by atoms with van der Waals surface area (Å²) in [5, 5.41) is 0.354. The van der Waals surface area contributed by atoms with Gasteiger partial charge in [-0.15, -0.1) is 0 Å². The number of benzene rings is 2. The molecule has 0 spiro atoms. The van der Waals surface area contributed by atoms with Crippen LogP contribution in [0.2, 0.25) is 0 Å². The minimum atomic E-state index is -0.452. The Labute approximate surface area is 147 Å². The van der Waals surface area contributed by atoms with Gasteiger partial charge in [0.1, 0.15) is 0 Å². The van der Waals surface area contributed by atoms with Crippen LogP contribution in [0.25, 0.3) is 10.2 Å². The Bertz CT molecular complexity index is 1040. The smallest absolute Gasteiger partial charge is 0.271 e. The van der Waals surface area contributed by atoms with E-state index in [1.54, 1.807) is 12.1 Å². The van der Waals surface area contributed by atoms with Crippen molar-refractivity contribution >= 4 is 38.5 Å². The van der Waals surface area contributed by atoms with Gasteiger partial charge in [-0.05, 0) is 36.8 Å². The molecule has 0 N–H and O–H groups in total. The van der Waals surface area contributed by atoms with Crippen LogP contribution in [0.3, 0.4) is 0 Å². The highest BCUT2D eigenvalue weighted by Gasteiger charge is 2.41. The summed E-state index contributed by atoms with van der Waals surface area (Å²) in [7, 11) is 2.93. The van der Waals surface area contributed by atoms with Gasteiger partial charge in [0.15, 0.2) is 11.5 Å². The highest BCUT2D eigenvalue weighted by Crippen LogP contribution is 2.41. The van der Waals surface area contributed by atoms with Gasteiger partial charge in [-0.25, -0.2) is 9.88 Å². The van der Waals surface area contributed by atoms with Crippen molar-refractivity contribution < 1.29 is 19.1 Å². The Kier molecular flexibility index (Phi) is 3.47. The number of ether oxygens (including phenoxy) is 2. The van der Waals surface area contributed by atoms with Crippen LogP contribution in [0.5, 0.6) is 11.5 Å². The Morgan fingerprint density at radius 2 is 1.84 bits per heavy atom. The molecule has 0 radical (unpaired) electrons. The molecule has 2 amide bonds. The fraction of sp³-hybridized carbons (Fsp3) is 0.167. The fourth-order valence-electron chi connectivity index (χ4n) is 2.93. The van der Waals surface area contributed by atoms with E-state index < -0.39 is 11.8 Å². The Balaban J connectivity index is 1.86. The molecule has 6 nitrogen and oxygen atoms in total. The first-order valence-electron chi connectivity index (χ1n) is 7.56. The average Bonchev–Trinajstić information content (AvgIpc) is 3.12. The lowest BCUT2D eigenvalue weighted by Gasteiger charge is -2.10. The zero-order valence-electron chi connectivity index (χ0n) is 13.8. The number of rotatable bonds is 3. The summed E-state index contributed by atoms with van der Waals surface area (Å²) in [5.41, 5.74) is 2.35. The quantitative estimate of drug-likeness (QED) is 0.674. The molecule has 7 heteroatoms. The molecule has 25 heavy (non-hydrogen) atoms. The maximum atomic E-state index is 12.9. The van der Waals surface area contributed by atoms with Crippen LogP contribution in [0.4, 0.5) is 5.13 Å². The molecule has 0 bridgehead atoms. The monoisotopic (exact) mass is 354 g/mol. The molecule has 4 rings (SSSR count). The van der Waals surface area contributed by atoms with Gasteiger partial charge in [-0.2, -0.15) is 0 Å². The molecular formula is C18H14N2O4S. The normalized spacial score (nSPS) is 13.5. The minimum absolute atomic E-state index is 0.210. The van der Waals surface area contributed by atoms with Crippen molar-refractivity contribution in [2.45, 2.75) is 6.92 Å². The Morgan fingerprint density at radius 1 is 1.04 bits per heavy atom. The van der Waals surface area contributed by atoms with Crippen LogP contribution in [0.15, 0.2) is 30.3 Å². The number of carbonyl (C=O) groups is 2. The first kappa shape index (κ1) is 15.6. The van der Waals surface area contributed by atoms with Gasteiger partial charge in [0.05, 0.1) is 35.6 Å². The van der Waals surface area contributed by atoms with Gasteiger partial charge in [0.2, 0.25) is 5.13 Å². The number of hydrogen-bond donors (Lipinski definition) is 0. The molecule has 0 aliphatic carbocycles. The number of hydrogen-bond acceptors (Lipinski definition) is 6. The van der Waals surface area contributed by atoms with Crippen LogP contribution >= 0.6 is 11.3 Å². The predicted molar refractivity (Wildman–Crippen MR) is 95.0 cm³/mol. The lowest BCUT2D eigenvalue weighted by atomic mass is 10.1. The molecule has 2 aromatic carbocycles. The van der Waals surface area contributed by atoms with Crippen molar-refractivity contribution in [3.8, 4) is 11.5 Å². The standard InChI is InChI=1S/C18H14N2O4S/c1-9-4-6-11-13(8-9)25-18(19-11)20-16(21)10-5-7-12(23-2)15(24-3)14(10)17(20)22/h4-8H,1-3H3. The number of thiazole rings is 1. The highest BCUT2D eigenvalue weighted by molar-refractivity contribution is 7.22. The molecule has 1 aliphatic rings. The van der Waals surface area contributed by atoms with Crippen LogP contribution in [0, 0.1) is 6.92 Å². The van der Waals surface area contributed by atoms with Gasteiger partial charge in [0, 0.05) is 0 Å². The van der Waals surface area contributed by atoms with Crippen molar-refractivity contribution in [2.75, 3.05) is 19.1 Å².